The van der Waals surface area contributed by atoms with Crippen molar-refractivity contribution in [1.29, 1.82) is 0 Å². The molecule has 1 amide bonds. The minimum atomic E-state index is -3.84. The molecule has 5 nitrogen and oxygen atoms in total. The Morgan fingerprint density at radius 2 is 1.45 bits per heavy atom. The minimum Gasteiger partial charge on any atom is -0.322 e. The minimum absolute atomic E-state index is 0.0779. The number of rotatable bonds is 5. The highest BCUT2D eigenvalue weighted by Gasteiger charge is 2.20. The fourth-order valence-electron chi connectivity index (χ4n) is 3.18. The largest absolute Gasteiger partial charge is 0.322 e. The van der Waals surface area contributed by atoms with Gasteiger partial charge in [0, 0.05) is 16.9 Å². The van der Waals surface area contributed by atoms with Gasteiger partial charge in [0.25, 0.3) is 15.9 Å². The van der Waals surface area contributed by atoms with Crippen molar-refractivity contribution < 1.29 is 13.2 Å². The first-order valence-corrected chi connectivity index (χ1v) is 10.7. The van der Waals surface area contributed by atoms with Gasteiger partial charge in [-0.1, -0.05) is 30.3 Å². The summed E-state index contributed by atoms with van der Waals surface area (Å²) >= 11 is 0. The molecule has 0 aromatic heterocycles. The maximum absolute atomic E-state index is 13.0. The first-order valence-electron chi connectivity index (χ1n) is 9.24. The van der Waals surface area contributed by atoms with Crippen molar-refractivity contribution in [3.8, 4) is 0 Å². The zero-order chi connectivity index (χ0) is 21.2. The smallest absolute Gasteiger partial charge is 0.262 e. The zero-order valence-corrected chi connectivity index (χ0v) is 17.7. The van der Waals surface area contributed by atoms with Crippen LogP contribution in [0.15, 0.2) is 65.6 Å². The predicted octanol–water partition coefficient (Wildman–Crippen LogP) is 4.97. The summed E-state index contributed by atoms with van der Waals surface area (Å²) < 4.78 is 28.6. The van der Waals surface area contributed by atoms with E-state index in [0.717, 1.165) is 16.7 Å². The van der Waals surface area contributed by atoms with E-state index < -0.39 is 10.0 Å². The molecule has 0 bridgehead atoms. The summed E-state index contributed by atoms with van der Waals surface area (Å²) in [6, 6.07) is 17.6. The lowest BCUT2D eigenvalue weighted by molar-refractivity contribution is 0.102. The lowest BCUT2D eigenvalue weighted by atomic mass is 10.1. The summed E-state index contributed by atoms with van der Waals surface area (Å²) in [6.07, 6.45) is 0. The molecule has 0 spiro atoms. The standard InChI is InChI=1S/C23H24N2O3S/c1-15-11-16(2)13-20(12-15)25-29(27,28)22-14-19(10-9-18(22)4)23(26)24-21-8-6-5-7-17(21)3/h5-14,25H,1-4H3,(H,24,26). The molecule has 6 heteroatoms. The molecule has 0 aliphatic heterocycles. The van der Waals surface area contributed by atoms with E-state index in [4.69, 9.17) is 0 Å². The molecule has 150 valence electrons. The van der Waals surface area contributed by atoms with Gasteiger partial charge < -0.3 is 5.32 Å². The number of aryl methyl sites for hydroxylation is 4. The summed E-state index contributed by atoms with van der Waals surface area (Å²) in [5, 5.41) is 2.84. The van der Waals surface area contributed by atoms with E-state index in [1.807, 2.05) is 45.0 Å². The molecule has 0 aliphatic rings. The third-order valence-corrected chi connectivity index (χ3v) is 6.13. The van der Waals surface area contributed by atoms with E-state index in [-0.39, 0.29) is 16.4 Å². The van der Waals surface area contributed by atoms with Crippen molar-refractivity contribution in [2.45, 2.75) is 32.6 Å². The monoisotopic (exact) mass is 408 g/mol. The number of hydrogen-bond donors (Lipinski definition) is 2. The first kappa shape index (κ1) is 20.6. The molecule has 0 saturated heterocycles. The number of hydrogen-bond acceptors (Lipinski definition) is 3. The fourth-order valence-corrected chi connectivity index (χ4v) is 4.49. The molecular formula is C23H24N2O3S. The quantitative estimate of drug-likeness (QED) is 0.626. The van der Waals surface area contributed by atoms with Crippen molar-refractivity contribution in [3.05, 3.63) is 88.5 Å². The molecule has 3 aromatic carbocycles. The Morgan fingerprint density at radius 3 is 2.10 bits per heavy atom. The van der Waals surface area contributed by atoms with Gasteiger partial charge in [-0.2, -0.15) is 0 Å². The van der Waals surface area contributed by atoms with E-state index in [0.29, 0.717) is 16.9 Å². The topological polar surface area (TPSA) is 75.3 Å². The van der Waals surface area contributed by atoms with Crippen molar-refractivity contribution in [1.82, 2.24) is 0 Å². The molecule has 3 rings (SSSR count). The molecular weight excluding hydrogens is 384 g/mol. The van der Waals surface area contributed by atoms with Crippen LogP contribution in [-0.2, 0) is 10.0 Å². The van der Waals surface area contributed by atoms with Gasteiger partial charge in [0.05, 0.1) is 4.90 Å². The number of carbonyl (C=O) groups is 1. The molecule has 0 unspecified atom stereocenters. The fraction of sp³-hybridized carbons (Fsp3) is 0.174. The second kappa shape index (κ2) is 8.09. The highest BCUT2D eigenvalue weighted by Crippen LogP contribution is 2.23. The van der Waals surface area contributed by atoms with Crippen LogP contribution in [0, 0.1) is 27.7 Å². The van der Waals surface area contributed by atoms with Gasteiger partial charge in [0.1, 0.15) is 0 Å². The van der Waals surface area contributed by atoms with Crippen LogP contribution >= 0.6 is 0 Å². The van der Waals surface area contributed by atoms with E-state index in [9.17, 15) is 13.2 Å². The normalized spacial score (nSPS) is 11.2. The number of sulfonamides is 1. The number of benzene rings is 3. The Bertz CT molecular complexity index is 1160. The van der Waals surface area contributed by atoms with Crippen LogP contribution in [0.1, 0.15) is 32.6 Å². The molecule has 0 aliphatic carbocycles. The average Bonchev–Trinajstić information content (AvgIpc) is 2.62. The van der Waals surface area contributed by atoms with Gasteiger partial charge >= 0.3 is 0 Å². The van der Waals surface area contributed by atoms with Crippen LogP contribution < -0.4 is 10.0 Å². The Morgan fingerprint density at radius 1 is 0.793 bits per heavy atom. The number of para-hydroxylation sites is 1. The average molecular weight is 409 g/mol. The molecule has 0 atom stereocenters. The van der Waals surface area contributed by atoms with Crippen LogP contribution in [0.2, 0.25) is 0 Å². The molecule has 0 radical (unpaired) electrons. The summed E-state index contributed by atoms with van der Waals surface area (Å²) in [7, 11) is -3.84. The summed E-state index contributed by atoms with van der Waals surface area (Å²) in [6.45, 7) is 7.42. The lowest BCUT2D eigenvalue weighted by Crippen LogP contribution is -2.17. The Labute approximate surface area is 171 Å². The van der Waals surface area contributed by atoms with Crippen molar-refractivity contribution in [2.75, 3.05) is 10.0 Å². The molecule has 29 heavy (non-hydrogen) atoms. The second-order valence-corrected chi connectivity index (χ2v) is 8.88. The number of carbonyl (C=O) groups excluding carboxylic acids is 1. The summed E-state index contributed by atoms with van der Waals surface area (Å²) in [5.74, 6) is -0.359. The second-order valence-electron chi connectivity index (χ2n) is 7.23. The van der Waals surface area contributed by atoms with Crippen LogP contribution in [0.5, 0.6) is 0 Å². The predicted molar refractivity (Wildman–Crippen MR) is 117 cm³/mol. The summed E-state index contributed by atoms with van der Waals surface area (Å²) in [4.78, 5) is 12.8. The molecule has 3 aromatic rings. The van der Waals surface area contributed by atoms with E-state index in [1.54, 1.807) is 37.3 Å². The Kier molecular flexibility index (Phi) is 5.75. The van der Waals surface area contributed by atoms with Crippen molar-refractivity contribution in [3.63, 3.8) is 0 Å². The van der Waals surface area contributed by atoms with Gasteiger partial charge in [0.2, 0.25) is 0 Å². The Hall–Kier alpha value is -3.12. The van der Waals surface area contributed by atoms with Crippen LogP contribution in [0.25, 0.3) is 0 Å². The van der Waals surface area contributed by atoms with Crippen LogP contribution in [-0.4, -0.2) is 14.3 Å². The number of anilines is 2. The highest BCUT2D eigenvalue weighted by molar-refractivity contribution is 7.92. The molecule has 0 heterocycles. The lowest BCUT2D eigenvalue weighted by Gasteiger charge is -2.13. The van der Waals surface area contributed by atoms with Crippen molar-refractivity contribution in [2.24, 2.45) is 0 Å². The Balaban J connectivity index is 1.91. The number of nitrogens with one attached hydrogen (secondary N) is 2. The third kappa shape index (κ3) is 4.84. The molecule has 2 N–H and O–H groups in total. The van der Waals surface area contributed by atoms with Crippen LogP contribution in [0.4, 0.5) is 11.4 Å². The van der Waals surface area contributed by atoms with Crippen molar-refractivity contribution >= 4 is 27.3 Å². The molecule has 0 fully saturated rings. The van der Waals surface area contributed by atoms with Gasteiger partial charge in [0.15, 0.2) is 0 Å². The van der Waals surface area contributed by atoms with Gasteiger partial charge in [-0.3, -0.25) is 9.52 Å². The van der Waals surface area contributed by atoms with Crippen LogP contribution in [0.3, 0.4) is 0 Å². The maximum Gasteiger partial charge on any atom is 0.262 e. The third-order valence-electron chi connectivity index (χ3n) is 4.61. The maximum atomic E-state index is 13.0. The summed E-state index contributed by atoms with van der Waals surface area (Å²) in [5.41, 5.74) is 4.88. The molecule has 0 saturated carbocycles. The van der Waals surface area contributed by atoms with Gasteiger partial charge in [-0.25, -0.2) is 8.42 Å². The SMILES string of the molecule is Cc1cc(C)cc(NS(=O)(=O)c2cc(C(=O)Nc3ccccc3C)ccc2C)c1. The van der Waals surface area contributed by atoms with E-state index in [2.05, 4.69) is 10.0 Å². The first-order chi connectivity index (χ1) is 13.7. The number of amides is 1. The highest BCUT2D eigenvalue weighted by atomic mass is 32.2. The van der Waals surface area contributed by atoms with Gasteiger partial charge in [-0.05, 0) is 80.3 Å². The zero-order valence-electron chi connectivity index (χ0n) is 16.9. The van der Waals surface area contributed by atoms with E-state index >= 15 is 0 Å². The van der Waals surface area contributed by atoms with E-state index in [1.165, 1.54) is 6.07 Å². The van der Waals surface area contributed by atoms with Gasteiger partial charge in [-0.15, -0.1) is 0 Å².